The van der Waals surface area contributed by atoms with Gasteiger partial charge in [0.1, 0.15) is 5.82 Å². The summed E-state index contributed by atoms with van der Waals surface area (Å²) in [6.07, 6.45) is 1.97. The number of rotatable bonds is 5. The van der Waals surface area contributed by atoms with Crippen LogP contribution in [0.15, 0.2) is 42.6 Å². The molecule has 5 heteroatoms. The van der Waals surface area contributed by atoms with Crippen LogP contribution in [0.4, 0.5) is 0 Å². The van der Waals surface area contributed by atoms with E-state index in [1.165, 1.54) is 5.56 Å². The molecule has 5 nitrogen and oxygen atoms in total. The van der Waals surface area contributed by atoms with E-state index in [4.69, 9.17) is 0 Å². The third kappa shape index (κ3) is 3.62. The number of nitrogens with one attached hydrogen (secondary N) is 2. The lowest BCUT2D eigenvalue weighted by Gasteiger charge is -2.20. The first kappa shape index (κ1) is 16.2. The molecule has 0 saturated carbocycles. The molecule has 0 saturated heterocycles. The zero-order valence-electron chi connectivity index (χ0n) is 14.2. The molecule has 1 aromatic carbocycles. The zero-order chi connectivity index (χ0) is 17.1. The summed E-state index contributed by atoms with van der Waals surface area (Å²) in [6.45, 7) is 6.20. The van der Waals surface area contributed by atoms with Gasteiger partial charge in [-0.1, -0.05) is 26.0 Å². The summed E-state index contributed by atoms with van der Waals surface area (Å²) >= 11 is 0. The van der Waals surface area contributed by atoms with Crippen molar-refractivity contribution in [3.8, 4) is 0 Å². The van der Waals surface area contributed by atoms with Gasteiger partial charge in [0.25, 0.3) is 0 Å². The molecule has 1 atom stereocenters. The van der Waals surface area contributed by atoms with E-state index < -0.39 is 0 Å². The number of pyridine rings is 1. The maximum Gasteiger partial charge on any atom is 0.226 e. The molecule has 0 aliphatic carbocycles. The maximum atomic E-state index is 12.4. The molecule has 2 heterocycles. The van der Waals surface area contributed by atoms with E-state index in [2.05, 4.69) is 47.1 Å². The Morgan fingerprint density at radius 3 is 2.79 bits per heavy atom. The number of H-pyrrole nitrogens is 1. The molecule has 24 heavy (non-hydrogen) atoms. The normalized spacial score (nSPS) is 12.5. The Balaban J connectivity index is 1.79. The van der Waals surface area contributed by atoms with Crippen LogP contribution >= 0.6 is 0 Å². The van der Waals surface area contributed by atoms with Crippen LogP contribution in [0.5, 0.6) is 0 Å². The van der Waals surface area contributed by atoms with Gasteiger partial charge in [-0.3, -0.25) is 9.78 Å². The number of carbonyl (C=O) groups is 1. The summed E-state index contributed by atoms with van der Waals surface area (Å²) in [6, 6.07) is 11.5. The van der Waals surface area contributed by atoms with Crippen molar-refractivity contribution in [1.82, 2.24) is 20.3 Å². The van der Waals surface area contributed by atoms with Crippen molar-refractivity contribution >= 4 is 16.9 Å². The highest BCUT2D eigenvalue weighted by Gasteiger charge is 2.22. The Morgan fingerprint density at radius 2 is 2.08 bits per heavy atom. The molecule has 1 unspecified atom stereocenters. The molecule has 2 N–H and O–H groups in total. The van der Waals surface area contributed by atoms with Crippen molar-refractivity contribution in [1.29, 1.82) is 0 Å². The van der Waals surface area contributed by atoms with E-state index in [9.17, 15) is 4.79 Å². The summed E-state index contributed by atoms with van der Waals surface area (Å²) in [7, 11) is 0. The van der Waals surface area contributed by atoms with Crippen LogP contribution in [0, 0.1) is 12.8 Å². The Morgan fingerprint density at radius 1 is 1.25 bits per heavy atom. The second kappa shape index (κ2) is 6.83. The molecule has 0 fully saturated rings. The predicted octanol–water partition coefficient (Wildman–Crippen LogP) is 3.32. The number of benzene rings is 1. The second-order valence-corrected chi connectivity index (χ2v) is 6.43. The quantitative estimate of drug-likeness (QED) is 0.757. The van der Waals surface area contributed by atoms with Gasteiger partial charge in [0.2, 0.25) is 5.91 Å². The average Bonchev–Trinajstić information content (AvgIpc) is 2.96. The summed E-state index contributed by atoms with van der Waals surface area (Å²) < 4.78 is 0. The molecule has 2 aromatic heterocycles. The first-order valence-corrected chi connectivity index (χ1v) is 8.18. The molecule has 0 aliphatic heterocycles. The SMILES string of the molecule is Cc1ccc2nc(C(NC(=O)Cc3ccccn3)C(C)C)[nH]c2c1. The van der Waals surface area contributed by atoms with E-state index >= 15 is 0 Å². The fourth-order valence-corrected chi connectivity index (χ4v) is 2.73. The van der Waals surface area contributed by atoms with Crippen LogP contribution in [0.25, 0.3) is 11.0 Å². The van der Waals surface area contributed by atoms with Crippen LogP contribution in [0.1, 0.15) is 37.0 Å². The van der Waals surface area contributed by atoms with E-state index in [0.717, 1.165) is 22.6 Å². The monoisotopic (exact) mass is 322 g/mol. The second-order valence-electron chi connectivity index (χ2n) is 6.43. The number of nitrogens with zero attached hydrogens (tertiary/aromatic N) is 2. The van der Waals surface area contributed by atoms with Crippen LogP contribution in [-0.2, 0) is 11.2 Å². The number of amides is 1. The lowest BCUT2D eigenvalue weighted by molar-refractivity contribution is -0.121. The smallest absolute Gasteiger partial charge is 0.226 e. The molecule has 0 aliphatic rings. The van der Waals surface area contributed by atoms with Crippen molar-refractivity contribution < 1.29 is 4.79 Å². The standard InChI is InChI=1S/C19H22N4O/c1-12(2)18(23-17(24)11-14-6-4-5-9-20-14)19-21-15-8-7-13(3)10-16(15)22-19/h4-10,12,18H,11H2,1-3H3,(H,21,22)(H,23,24). The maximum absolute atomic E-state index is 12.4. The van der Waals surface area contributed by atoms with Crippen LogP contribution in [0.3, 0.4) is 0 Å². The number of hydrogen-bond acceptors (Lipinski definition) is 3. The van der Waals surface area contributed by atoms with Crippen molar-refractivity contribution in [2.45, 2.75) is 33.2 Å². The minimum Gasteiger partial charge on any atom is -0.346 e. The van der Waals surface area contributed by atoms with Gasteiger partial charge in [0, 0.05) is 11.9 Å². The molecular formula is C19H22N4O. The molecule has 0 bridgehead atoms. The van der Waals surface area contributed by atoms with Gasteiger partial charge >= 0.3 is 0 Å². The molecular weight excluding hydrogens is 300 g/mol. The lowest BCUT2D eigenvalue weighted by Crippen LogP contribution is -2.33. The summed E-state index contributed by atoms with van der Waals surface area (Å²) in [5, 5.41) is 3.08. The predicted molar refractivity (Wildman–Crippen MR) is 94.5 cm³/mol. The number of fused-ring (bicyclic) bond motifs is 1. The molecule has 0 radical (unpaired) electrons. The van der Waals surface area contributed by atoms with Gasteiger partial charge in [-0.25, -0.2) is 4.98 Å². The van der Waals surface area contributed by atoms with Gasteiger partial charge in [-0.15, -0.1) is 0 Å². The van der Waals surface area contributed by atoms with E-state index in [1.54, 1.807) is 6.20 Å². The number of carbonyl (C=O) groups excluding carboxylic acids is 1. The molecule has 124 valence electrons. The third-order valence-electron chi connectivity index (χ3n) is 4.00. The van der Waals surface area contributed by atoms with Crippen LogP contribution in [0.2, 0.25) is 0 Å². The van der Waals surface area contributed by atoms with Crippen molar-refractivity contribution in [3.05, 3.63) is 59.7 Å². The number of hydrogen-bond donors (Lipinski definition) is 2. The third-order valence-corrected chi connectivity index (χ3v) is 4.00. The largest absolute Gasteiger partial charge is 0.346 e. The van der Waals surface area contributed by atoms with Gasteiger partial charge in [0.05, 0.1) is 23.5 Å². The highest BCUT2D eigenvalue weighted by atomic mass is 16.1. The number of imidazole rings is 1. The number of aromatic nitrogens is 3. The van der Waals surface area contributed by atoms with Gasteiger partial charge < -0.3 is 10.3 Å². The van der Waals surface area contributed by atoms with Gasteiger partial charge in [-0.05, 0) is 42.7 Å². The highest BCUT2D eigenvalue weighted by molar-refractivity contribution is 5.79. The Kier molecular flexibility index (Phi) is 4.60. The molecule has 3 aromatic rings. The van der Waals surface area contributed by atoms with Crippen LogP contribution < -0.4 is 5.32 Å². The summed E-state index contributed by atoms with van der Waals surface area (Å²) in [5.74, 6) is 0.961. The fraction of sp³-hybridized carbons (Fsp3) is 0.316. The lowest BCUT2D eigenvalue weighted by atomic mass is 10.0. The first-order valence-electron chi connectivity index (χ1n) is 8.18. The van der Waals surface area contributed by atoms with Crippen LogP contribution in [-0.4, -0.2) is 20.9 Å². The fourth-order valence-electron chi connectivity index (χ4n) is 2.73. The van der Waals surface area contributed by atoms with E-state index in [-0.39, 0.29) is 24.3 Å². The van der Waals surface area contributed by atoms with Crippen molar-refractivity contribution in [3.63, 3.8) is 0 Å². The first-order chi connectivity index (χ1) is 11.5. The molecule has 0 spiro atoms. The Bertz CT molecular complexity index is 839. The highest BCUT2D eigenvalue weighted by Crippen LogP contribution is 2.23. The molecule has 1 amide bonds. The zero-order valence-corrected chi connectivity index (χ0v) is 14.2. The van der Waals surface area contributed by atoms with E-state index in [0.29, 0.717) is 0 Å². The van der Waals surface area contributed by atoms with Gasteiger partial charge in [0.15, 0.2) is 0 Å². The van der Waals surface area contributed by atoms with E-state index in [1.807, 2.05) is 30.3 Å². The van der Waals surface area contributed by atoms with Gasteiger partial charge in [-0.2, -0.15) is 0 Å². The molecule has 3 rings (SSSR count). The van der Waals surface area contributed by atoms with Crippen molar-refractivity contribution in [2.24, 2.45) is 5.92 Å². The van der Waals surface area contributed by atoms with Crippen molar-refractivity contribution in [2.75, 3.05) is 0 Å². The minimum atomic E-state index is -0.158. The average molecular weight is 322 g/mol. The summed E-state index contributed by atoms with van der Waals surface area (Å²) in [4.78, 5) is 24.6. The number of aryl methyl sites for hydroxylation is 1. The number of aromatic amines is 1. The Hall–Kier alpha value is -2.69. The topological polar surface area (TPSA) is 70.7 Å². The Labute approximate surface area is 141 Å². The minimum absolute atomic E-state index is 0.0518. The summed E-state index contributed by atoms with van der Waals surface area (Å²) in [5.41, 5.74) is 3.85.